The molecule has 0 aromatic heterocycles. The summed E-state index contributed by atoms with van der Waals surface area (Å²) in [5.41, 5.74) is 5.29. The Morgan fingerprint density at radius 1 is 1.53 bits per heavy atom. The molecule has 1 atom stereocenters. The zero-order valence-corrected chi connectivity index (χ0v) is 10.0. The molecule has 0 amide bonds. The highest BCUT2D eigenvalue weighted by Crippen LogP contribution is 2.14. The Bertz CT molecular complexity index is 273. The van der Waals surface area contributed by atoms with Crippen molar-refractivity contribution in [1.29, 1.82) is 0 Å². The Kier molecular flexibility index (Phi) is 4.98. The van der Waals surface area contributed by atoms with Crippen LogP contribution in [0.25, 0.3) is 0 Å². The molecule has 2 N–H and O–H groups in total. The second-order valence-corrected chi connectivity index (χ2v) is 6.07. The molecule has 1 fully saturated rings. The predicted octanol–water partition coefficient (Wildman–Crippen LogP) is -0.224. The van der Waals surface area contributed by atoms with Crippen molar-refractivity contribution in [3.05, 3.63) is 0 Å². The number of hydrogen-bond donors (Lipinski definition) is 1. The quantitative estimate of drug-likeness (QED) is 0.692. The maximum absolute atomic E-state index is 11.7. The van der Waals surface area contributed by atoms with Gasteiger partial charge in [0, 0.05) is 20.2 Å². The van der Waals surface area contributed by atoms with Crippen molar-refractivity contribution in [2.45, 2.75) is 25.4 Å². The summed E-state index contributed by atoms with van der Waals surface area (Å²) in [6.45, 7) is 1.63. The van der Waals surface area contributed by atoms with E-state index in [9.17, 15) is 8.42 Å². The monoisotopic (exact) mass is 236 g/mol. The molecule has 6 heteroatoms. The highest BCUT2D eigenvalue weighted by atomic mass is 32.2. The van der Waals surface area contributed by atoms with E-state index < -0.39 is 10.0 Å². The lowest BCUT2D eigenvalue weighted by atomic mass is 10.2. The summed E-state index contributed by atoms with van der Waals surface area (Å²) >= 11 is 0. The summed E-state index contributed by atoms with van der Waals surface area (Å²) in [4.78, 5) is 0. The van der Waals surface area contributed by atoms with E-state index in [0.717, 1.165) is 19.4 Å². The predicted molar refractivity (Wildman–Crippen MR) is 59.1 cm³/mol. The van der Waals surface area contributed by atoms with Gasteiger partial charge in [-0.2, -0.15) is 0 Å². The highest BCUT2D eigenvalue weighted by molar-refractivity contribution is 7.89. The van der Waals surface area contributed by atoms with Crippen molar-refractivity contribution in [1.82, 2.24) is 4.31 Å². The number of ether oxygens (including phenoxy) is 1. The molecule has 1 aliphatic heterocycles. The standard InChI is InChI=1S/C9H20N2O3S/c1-11(8-9-4-2-6-14-9)15(12,13)7-3-5-10/h9H,2-8,10H2,1H3. The number of hydrogen-bond acceptors (Lipinski definition) is 4. The van der Waals surface area contributed by atoms with Crippen LogP contribution in [0, 0.1) is 0 Å². The highest BCUT2D eigenvalue weighted by Gasteiger charge is 2.23. The Balaban J connectivity index is 2.40. The lowest BCUT2D eigenvalue weighted by molar-refractivity contribution is 0.0979. The first-order valence-corrected chi connectivity index (χ1v) is 6.93. The van der Waals surface area contributed by atoms with Gasteiger partial charge in [-0.05, 0) is 25.8 Å². The van der Waals surface area contributed by atoms with E-state index in [0.29, 0.717) is 19.5 Å². The van der Waals surface area contributed by atoms with Crippen LogP contribution in [0.5, 0.6) is 0 Å². The van der Waals surface area contributed by atoms with Gasteiger partial charge in [0.2, 0.25) is 10.0 Å². The summed E-state index contributed by atoms with van der Waals surface area (Å²) in [5, 5.41) is 0. The van der Waals surface area contributed by atoms with E-state index in [1.165, 1.54) is 4.31 Å². The summed E-state index contributed by atoms with van der Waals surface area (Å²) < 4.78 is 30.2. The Labute approximate surface area is 91.6 Å². The van der Waals surface area contributed by atoms with E-state index >= 15 is 0 Å². The van der Waals surface area contributed by atoms with Crippen molar-refractivity contribution in [3.8, 4) is 0 Å². The van der Waals surface area contributed by atoms with Crippen molar-refractivity contribution >= 4 is 10.0 Å². The molecule has 1 heterocycles. The van der Waals surface area contributed by atoms with Gasteiger partial charge in [-0.3, -0.25) is 0 Å². The minimum absolute atomic E-state index is 0.0719. The molecule has 0 radical (unpaired) electrons. The summed E-state index contributed by atoms with van der Waals surface area (Å²) in [6, 6.07) is 0. The molecule has 15 heavy (non-hydrogen) atoms. The lowest BCUT2D eigenvalue weighted by Gasteiger charge is -2.20. The molecule has 1 aliphatic rings. The Morgan fingerprint density at radius 2 is 2.27 bits per heavy atom. The fourth-order valence-electron chi connectivity index (χ4n) is 1.61. The molecule has 1 saturated heterocycles. The number of nitrogens with two attached hydrogens (primary N) is 1. The van der Waals surface area contributed by atoms with Gasteiger partial charge >= 0.3 is 0 Å². The first-order valence-electron chi connectivity index (χ1n) is 5.32. The van der Waals surface area contributed by atoms with Crippen LogP contribution < -0.4 is 5.73 Å². The normalized spacial score (nSPS) is 22.5. The molecule has 1 rings (SSSR count). The maximum atomic E-state index is 11.7. The molecule has 0 aliphatic carbocycles. The van der Waals surface area contributed by atoms with E-state index in [4.69, 9.17) is 10.5 Å². The van der Waals surface area contributed by atoms with Crippen LogP contribution in [0.3, 0.4) is 0 Å². The minimum atomic E-state index is -3.14. The van der Waals surface area contributed by atoms with Crippen LogP contribution in [0.2, 0.25) is 0 Å². The third-order valence-electron chi connectivity index (χ3n) is 2.57. The molecule has 90 valence electrons. The van der Waals surface area contributed by atoms with E-state index in [2.05, 4.69) is 0 Å². The van der Waals surface area contributed by atoms with Crippen LogP contribution >= 0.6 is 0 Å². The zero-order chi connectivity index (χ0) is 11.3. The van der Waals surface area contributed by atoms with Gasteiger partial charge in [0.25, 0.3) is 0 Å². The Morgan fingerprint density at radius 3 is 2.80 bits per heavy atom. The topological polar surface area (TPSA) is 72.6 Å². The van der Waals surface area contributed by atoms with Gasteiger partial charge in [0.05, 0.1) is 11.9 Å². The SMILES string of the molecule is CN(CC1CCCO1)S(=O)(=O)CCCN. The van der Waals surface area contributed by atoms with Crippen LogP contribution in [0.4, 0.5) is 0 Å². The van der Waals surface area contributed by atoms with Crippen molar-refractivity contribution in [3.63, 3.8) is 0 Å². The first-order chi connectivity index (χ1) is 7.06. The fraction of sp³-hybridized carbons (Fsp3) is 1.00. The number of nitrogens with zero attached hydrogens (tertiary/aromatic N) is 1. The summed E-state index contributed by atoms with van der Waals surface area (Å²) in [5.74, 6) is 0.132. The lowest BCUT2D eigenvalue weighted by Crippen LogP contribution is -2.36. The summed E-state index contributed by atoms with van der Waals surface area (Å²) in [6.07, 6.45) is 2.57. The molecular weight excluding hydrogens is 216 g/mol. The molecule has 1 unspecified atom stereocenters. The molecular formula is C9H20N2O3S. The number of rotatable bonds is 6. The molecule has 0 aromatic carbocycles. The average Bonchev–Trinajstić information content (AvgIpc) is 2.67. The third-order valence-corrected chi connectivity index (χ3v) is 4.47. The molecule has 0 bridgehead atoms. The smallest absolute Gasteiger partial charge is 0.213 e. The fourth-order valence-corrected chi connectivity index (χ4v) is 2.85. The van der Waals surface area contributed by atoms with Gasteiger partial charge in [-0.1, -0.05) is 0 Å². The zero-order valence-electron chi connectivity index (χ0n) is 9.18. The van der Waals surface area contributed by atoms with Crippen molar-refractivity contribution in [2.24, 2.45) is 5.73 Å². The number of sulfonamides is 1. The van der Waals surface area contributed by atoms with Gasteiger partial charge in [0.1, 0.15) is 0 Å². The Hall–Kier alpha value is -0.170. The number of likely N-dealkylation sites (N-methyl/N-ethyl adjacent to an activating group) is 1. The average molecular weight is 236 g/mol. The van der Waals surface area contributed by atoms with Gasteiger partial charge in [-0.15, -0.1) is 0 Å². The van der Waals surface area contributed by atoms with E-state index in [-0.39, 0.29) is 11.9 Å². The molecule has 0 spiro atoms. The molecule has 5 nitrogen and oxygen atoms in total. The van der Waals surface area contributed by atoms with E-state index in [1.807, 2.05) is 0 Å². The van der Waals surface area contributed by atoms with Crippen LogP contribution in [0.15, 0.2) is 0 Å². The third kappa shape index (κ3) is 4.06. The van der Waals surface area contributed by atoms with Crippen LogP contribution in [0.1, 0.15) is 19.3 Å². The van der Waals surface area contributed by atoms with Crippen LogP contribution in [-0.2, 0) is 14.8 Å². The van der Waals surface area contributed by atoms with Gasteiger partial charge in [0.15, 0.2) is 0 Å². The summed E-state index contributed by atoms with van der Waals surface area (Å²) in [7, 11) is -1.53. The molecule has 0 aromatic rings. The van der Waals surface area contributed by atoms with Crippen molar-refractivity contribution in [2.75, 3.05) is 32.5 Å². The van der Waals surface area contributed by atoms with Crippen LogP contribution in [-0.4, -0.2) is 51.3 Å². The maximum Gasteiger partial charge on any atom is 0.213 e. The second kappa shape index (κ2) is 5.79. The first kappa shape index (κ1) is 12.9. The van der Waals surface area contributed by atoms with Gasteiger partial charge in [-0.25, -0.2) is 12.7 Å². The minimum Gasteiger partial charge on any atom is -0.377 e. The van der Waals surface area contributed by atoms with E-state index in [1.54, 1.807) is 7.05 Å². The largest absolute Gasteiger partial charge is 0.377 e. The van der Waals surface area contributed by atoms with Gasteiger partial charge < -0.3 is 10.5 Å². The molecule has 0 saturated carbocycles. The van der Waals surface area contributed by atoms with Crippen molar-refractivity contribution < 1.29 is 13.2 Å². The second-order valence-electron chi connectivity index (χ2n) is 3.87.